The van der Waals surface area contributed by atoms with Crippen LogP contribution in [0.5, 0.6) is 5.75 Å². The van der Waals surface area contributed by atoms with Crippen molar-refractivity contribution in [2.75, 3.05) is 11.9 Å². The molecule has 1 aromatic carbocycles. The lowest BCUT2D eigenvalue weighted by Gasteiger charge is -2.06. The summed E-state index contributed by atoms with van der Waals surface area (Å²) in [7, 11) is 0. The first-order valence-electron chi connectivity index (χ1n) is 5.09. The lowest BCUT2D eigenvalue weighted by Crippen LogP contribution is -1.98. The van der Waals surface area contributed by atoms with E-state index in [1.807, 2.05) is 0 Å². The Morgan fingerprint density at radius 1 is 1.44 bits per heavy atom. The molecule has 0 fully saturated rings. The number of ether oxygens (including phenoxy) is 1. The van der Waals surface area contributed by atoms with E-state index in [0.717, 1.165) is 18.2 Å². The molecular formula is C11H14BrNO3. The maximum absolute atomic E-state index is 10.6. The molecule has 0 aliphatic rings. The van der Waals surface area contributed by atoms with Crippen molar-refractivity contribution >= 4 is 21.6 Å². The SMILES string of the molecule is Cc1cc(OCCCCBr)ccc1[N+](=O)[O-]. The predicted octanol–water partition coefficient (Wildman–Crippen LogP) is 3.46. The summed E-state index contributed by atoms with van der Waals surface area (Å²) >= 11 is 3.34. The molecule has 0 radical (unpaired) electrons. The number of nitro benzene ring substituents is 1. The van der Waals surface area contributed by atoms with Crippen LogP contribution in [0.25, 0.3) is 0 Å². The van der Waals surface area contributed by atoms with E-state index in [1.54, 1.807) is 19.1 Å². The van der Waals surface area contributed by atoms with Gasteiger partial charge in [0.2, 0.25) is 0 Å². The largest absolute Gasteiger partial charge is 0.494 e. The van der Waals surface area contributed by atoms with Crippen molar-refractivity contribution in [1.82, 2.24) is 0 Å². The molecule has 0 bridgehead atoms. The van der Waals surface area contributed by atoms with Gasteiger partial charge in [0.05, 0.1) is 11.5 Å². The first-order chi connectivity index (χ1) is 7.65. The monoisotopic (exact) mass is 287 g/mol. The second-order valence-corrected chi connectivity index (χ2v) is 4.24. The topological polar surface area (TPSA) is 52.4 Å². The van der Waals surface area contributed by atoms with Gasteiger partial charge < -0.3 is 4.74 Å². The zero-order valence-electron chi connectivity index (χ0n) is 9.11. The number of halogens is 1. The van der Waals surface area contributed by atoms with Crippen LogP contribution in [-0.4, -0.2) is 16.9 Å². The fraction of sp³-hybridized carbons (Fsp3) is 0.455. The Hall–Kier alpha value is -1.10. The highest BCUT2D eigenvalue weighted by Crippen LogP contribution is 2.23. The van der Waals surface area contributed by atoms with Crippen LogP contribution in [0.15, 0.2) is 18.2 Å². The Morgan fingerprint density at radius 2 is 2.19 bits per heavy atom. The van der Waals surface area contributed by atoms with Crippen molar-refractivity contribution in [1.29, 1.82) is 0 Å². The van der Waals surface area contributed by atoms with E-state index in [-0.39, 0.29) is 10.6 Å². The number of hydrogen-bond acceptors (Lipinski definition) is 3. The maximum Gasteiger partial charge on any atom is 0.272 e. The number of nitro groups is 1. The molecule has 0 aliphatic heterocycles. The van der Waals surface area contributed by atoms with Crippen molar-refractivity contribution in [2.24, 2.45) is 0 Å². The Balaban J connectivity index is 2.56. The lowest BCUT2D eigenvalue weighted by atomic mass is 10.2. The fourth-order valence-corrected chi connectivity index (χ4v) is 1.71. The van der Waals surface area contributed by atoms with Gasteiger partial charge in [-0.3, -0.25) is 10.1 Å². The molecule has 0 spiro atoms. The van der Waals surface area contributed by atoms with Crippen molar-refractivity contribution in [3.05, 3.63) is 33.9 Å². The second kappa shape index (κ2) is 6.48. The van der Waals surface area contributed by atoms with Gasteiger partial charge in [-0.1, -0.05) is 15.9 Å². The number of nitrogens with zero attached hydrogens (tertiary/aromatic N) is 1. The number of rotatable bonds is 6. The highest BCUT2D eigenvalue weighted by atomic mass is 79.9. The predicted molar refractivity (Wildman–Crippen MR) is 66.4 cm³/mol. The molecule has 16 heavy (non-hydrogen) atoms. The summed E-state index contributed by atoms with van der Waals surface area (Å²) in [4.78, 5) is 10.2. The molecule has 0 amide bonds. The molecule has 0 heterocycles. The molecule has 0 saturated heterocycles. The van der Waals surface area contributed by atoms with E-state index in [0.29, 0.717) is 17.9 Å². The van der Waals surface area contributed by atoms with Gasteiger partial charge >= 0.3 is 0 Å². The molecule has 0 saturated carbocycles. The maximum atomic E-state index is 10.6. The highest BCUT2D eigenvalue weighted by molar-refractivity contribution is 9.09. The first-order valence-corrected chi connectivity index (χ1v) is 6.21. The molecule has 88 valence electrons. The molecule has 0 aliphatic carbocycles. The third-order valence-electron chi connectivity index (χ3n) is 2.16. The van der Waals surface area contributed by atoms with E-state index >= 15 is 0 Å². The van der Waals surface area contributed by atoms with Gasteiger partial charge in [0.25, 0.3) is 5.69 Å². The molecule has 5 heteroatoms. The molecule has 0 N–H and O–H groups in total. The third kappa shape index (κ3) is 3.81. The Bertz CT molecular complexity index is 368. The third-order valence-corrected chi connectivity index (χ3v) is 2.72. The van der Waals surface area contributed by atoms with Gasteiger partial charge in [0.1, 0.15) is 5.75 Å². The standard InChI is InChI=1S/C11H14BrNO3/c1-9-8-10(16-7-3-2-6-12)4-5-11(9)13(14)15/h4-5,8H,2-3,6-7H2,1H3. The quantitative estimate of drug-likeness (QED) is 0.348. The summed E-state index contributed by atoms with van der Waals surface area (Å²) in [6, 6.07) is 4.82. The molecule has 1 rings (SSSR count). The normalized spacial score (nSPS) is 10.1. The van der Waals surface area contributed by atoms with Crippen molar-refractivity contribution in [3.8, 4) is 5.75 Å². The van der Waals surface area contributed by atoms with Crippen LogP contribution in [0.3, 0.4) is 0 Å². The highest BCUT2D eigenvalue weighted by Gasteiger charge is 2.10. The van der Waals surface area contributed by atoms with Crippen LogP contribution in [0.4, 0.5) is 5.69 Å². The molecule has 4 nitrogen and oxygen atoms in total. The first kappa shape index (κ1) is 13.0. The molecule has 1 aromatic rings. The zero-order valence-corrected chi connectivity index (χ0v) is 10.7. The van der Waals surface area contributed by atoms with E-state index < -0.39 is 0 Å². The minimum Gasteiger partial charge on any atom is -0.494 e. The lowest BCUT2D eigenvalue weighted by molar-refractivity contribution is -0.385. The zero-order chi connectivity index (χ0) is 12.0. The van der Waals surface area contributed by atoms with Crippen LogP contribution in [0.1, 0.15) is 18.4 Å². The molecule has 0 unspecified atom stereocenters. The van der Waals surface area contributed by atoms with Crippen LogP contribution in [0.2, 0.25) is 0 Å². The average Bonchev–Trinajstić information content (AvgIpc) is 2.24. The van der Waals surface area contributed by atoms with Gasteiger partial charge in [0, 0.05) is 17.0 Å². The van der Waals surface area contributed by atoms with Crippen molar-refractivity contribution < 1.29 is 9.66 Å². The number of aryl methyl sites for hydroxylation is 1. The van der Waals surface area contributed by atoms with Crippen molar-refractivity contribution in [2.45, 2.75) is 19.8 Å². The van der Waals surface area contributed by atoms with Gasteiger partial charge in [-0.15, -0.1) is 0 Å². The smallest absolute Gasteiger partial charge is 0.272 e. The fourth-order valence-electron chi connectivity index (χ4n) is 1.31. The molecule has 0 aromatic heterocycles. The van der Waals surface area contributed by atoms with Crippen LogP contribution >= 0.6 is 15.9 Å². The number of unbranched alkanes of at least 4 members (excludes halogenated alkanes) is 1. The van der Waals surface area contributed by atoms with E-state index in [2.05, 4.69) is 15.9 Å². The van der Waals surface area contributed by atoms with Crippen molar-refractivity contribution in [3.63, 3.8) is 0 Å². The van der Waals surface area contributed by atoms with Crippen LogP contribution < -0.4 is 4.74 Å². The average molecular weight is 288 g/mol. The van der Waals surface area contributed by atoms with Gasteiger partial charge in [0.15, 0.2) is 0 Å². The summed E-state index contributed by atoms with van der Waals surface area (Å²) in [5.41, 5.74) is 0.760. The van der Waals surface area contributed by atoms with Crippen LogP contribution in [0, 0.1) is 17.0 Å². The number of alkyl halides is 1. The van der Waals surface area contributed by atoms with Gasteiger partial charge in [-0.2, -0.15) is 0 Å². The number of hydrogen-bond donors (Lipinski definition) is 0. The summed E-state index contributed by atoms with van der Waals surface area (Å²) in [6.45, 7) is 2.35. The van der Waals surface area contributed by atoms with E-state index in [9.17, 15) is 10.1 Å². The van der Waals surface area contributed by atoms with E-state index in [1.165, 1.54) is 6.07 Å². The summed E-state index contributed by atoms with van der Waals surface area (Å²) < 4.78 is 5.48. The Labute approximate surface area is 103 Å². The molecule has 0 atom stereocenters. The van der Waals surface area contributed by atoms with Crippen LogP contribution in [-0.2, 0) is 0 Å². The summed E-state index contributed by atoms with van der Waals surface area (Å²) in [5, 5.41) is 11.6. The summed E-state index contributed by atoms with van der Waals surface area (Å²) in [5.74, 6) is 0.692. The minimum atomic E-state index is -0.385. The Kier molecular flexibility index (Phi) is 5.25. The second-order valence-electron chi connectivity index (χ2n) is 3.45. The van der Waals surface area contributed by atoms with Gasteiger partial charge in [-0.25, -0.2) is 0 Å². The molecular weight excluding hydrogens is 274 g/mol. The number of benzene rings is 1. The minimum absolute atomic E-state index is 0.132. The van der Waals surface area contributed by atoms with E-state index in [4.69, 9.17) is 4.74 Å². The van der Waals surface area contributed by atoms with Gasteiger partial charge in [-0.05, 0) is 31.9 Å². The summed E-state index contributed by atoms with van der Waals surface area (Å²) in [6.07, 6.45) is 2.03. The Morgan fingerprint density at radius 3 is 2.75 bits per heavy atom.